The van der Waals surface area contributed by atoms with Gasteiger partial charge in [0, 0.05) is 16.3 Å². The second kappa shape index (κ2) is 5.88. The van der Waals surface area contributed by atoms with Crippen LogP contribution >= 0.6 is 27.3 Å². The van der Waals surface area contributed by atoms with Crippen molar-refractivity contribution in [1.82, 2.24) is 10.4 Å². The first-order valence-corrected chi connectivity index (χ1v) is 7.09. The van der Waals surface area contributed by atoms with Gasteiger partial charge in [-0.1, -0.05) is 22.0 Å². The number of rotatable bonds is 4. The zero-order chi connectivity index (χ0) is 13.1. The summed E-state index contributed by atoms with van der Waals surface area (Å²) in [6.45, 7) is 1.97. The average Bonchev–Trinajstić information content (AvgIpc) is 2.72. The van der Waals surface area contributed by atoms with Crippen LogP contribution in [0.15, 0.2) is 28.1 Å². The summed E-state index contributed by atoms with van der Waals surface area (Å²) < 4.78 is 13.8. The van der Waals surface area contributed by atoms with E-state index in [1.54, 1.807) is 17.4 Å². The molecule has 0 radical (unpaired) electrons. The SMILES string of the molecule is Cc1nc(CC(NN)c2ccc(F)cc2Br)cs1. The molecule has 3 N–H and O–H groups in total. The number of hydrazine groups is 1. The fourth-order valence-corrected chi connectivity index (χ4v) is 3.01. The van der Waals surface area contributed by atoms with Gasteiger partial charge < -0.3 is 0 Å². The lowest BCUT2D eigenvalue weighted by Gasteiger charge is -2.16. The second-order valence-electron chi connectivity index (χ2n) is 3.95. The van der Waals surface area contributed by atoms with Crippen molar-refractivity contribution in [2.45, 2.75) is 19.4 Å². The van der Waals surface area contributed by atoms with Gasteiger partial charge in [-0.3, -0.25) is 11.3 Å². The van der Waals surface area contributed by atoms with E-state index in [-0.39, 0.29) is 11.9 Å². The first-order chi connectivity index (χ1) is 8.60. The van der Waals surface area contributed by atoms with Gasteiger partial charge in [0.05, 0.1) is 16.7 Å². The van der Waals surface area contributed by atoms with Crippen LogP contribution in [0.4, 0.5) is 4.39 Å². The molecule has 18 heavy (non-hydrogen) atoms. The van der Waals surface area contributed by atoms with Crippen LogP contribution in [0.3, 0.4) is 0 Å². The monoisotopic (exact) mass is 329 g/mol. The Balaban J connectivity index is 2.22. The molecule has 1 aromatic heterocycles. The standard InChI is InChI=1S/C12H13BrFN3S/c1-7-16-9(6-18-7)5-12(17-15)10-3-2-8(14)4-11(10)13/h2-4,6,12,17H,5,15H2,1H3. The van der Waals surface area contributed by atoms with Crippen molar-refractivity contribution < 1.29 is 4.39 Å². The van der Waals surface area contributed by atoms with Gasteiger partial charge in [0.25, 0.3) is 0 Å². The van der Waals surface area contributed by atoms with Crippen LogP contribution in [0.5, 0.6) is 0 Å². The van der Waals surface area contributed by atoms with Gasteiger partial charge in [-0.05, 0) is 24.6 Å². The van der Waals surface area contributed by atoms with Gasteiger partial charge in [-0.2, -0.15) is 0 Å². The lowest BCUT2D eigenvalue weighted by Crippen LogP contribution is -2.30. The van der Waals surface area contributed by atoms with E-state index in [2.05, 4.69) is 26.3 Å². The molecule has 0 saturated heterocycles. The molecule has 0 saturated carbocycles. The number of hydrogen-bond acceptors (Lipinski definition) is 4. The third-order valence-electron chi connectivity index (χ3n) is 2.62. The number of nitrogens with one attached hydrogen (secondary N) is 1. The van der Waals surface area contributed by atoms with E-state index < -0.39 is 0 Å². The molecule has 1 atom stereocenters. The molecule has 1 unspecified atom stereocenters. The van der Waals surface area contributed by atoms with E-state index in [9.17, 15) is 4.39 Å². The zero-order valence-corrected chi connectivity index (χ0v) is 12.2. The number of benzene rings is 1. The first-order valence-electron chi connectivity index (χ1n) is 5.42. The maximum atomic E-state index is 13.1. The van der Waals surface area contributed by atoms with Crippen molar-refractivity contribution in [2.24, 2.45) is 5.84 Å². The number of halogens is 2. The van der Waals surface area contributed by atoms with E-state index in [0.29, 0.717) is 10.9 Å². The average molecular weight is 330 g/mol. The summed E-state index contributed by atoms with van der Waals surface area (Å²) in [5.41, 5.74) is 4.65. The van der Waals surface area contributed by atoms with Crippen LogP contribution in [0.25, 0.3) is 0 Å². The molecule has 0 aliphatic heterocycles. The molecule has 1 heterocycles. The lowest BCUT2D eigenvalue weighted by atomic mass is 10.0. The van der Waals surface area contributed by atoms with Crippen LogP contribution in [0.1, 0.15) is 22.3 Å². The predicted molar refractivity (Wildman–Crippen MR) is 74.7 cm³/mol. The summed E-state index contributed by atoms with van der Waals surface area (Å²) in [7, 11) is 0. The van der Waals surface area contributed by atoms with Crippen LogP contribution in [-0.4, -0.2) is 4.98 Å². The van der Waals surface area contributed by atoms with Crippen LogP contribution in [0.2, 0.25) is 0 Å². The molecule has 0 amide bonds. The number of aromatic nitrogens is 1. The number of aryl methyl sites for hydroxylation is 1. The van der Waals surface area contributed by atoms with Crippen LogP contribution < -0.4 is 11.3 Å². The van der Waals surface area contributed by atoms with Gasteiger partial charge in [0.15, 0.2) is 0 Å². The summed E-state index contributed by atoms with van der Waals surface area (Å²) in [4.78, 5) is 4.40. The Labute approximate surface area is 117 Å². The minimum absolute atomic E-state index is 0.0959. The molecule has 2 rings (SSSR count). The molecule has 0 fully saturated rings. The van der Waals surface area contributed by atoms with Gasteiger partial charge in [-0.15, -0.1) is 11.3 Å². The van der Waals surface area contributed by atoms with Gasteiger partial charge in [0.2, 0.25) is 0 Å². The molecule has 1 aromatic carbocycles. The number of nitrogens with two attached hydrogens (primary N) is 1. The summed E-state index contributed by atoms with van der Waals surface area (Å²) in [6.07, 6.45) is 0.672. The van der Waals surface area contributed by atoms with Crippen LogP contribution in [0, 0.1) is 12.7 Å². The fourth-order valence-electron chi connectivity index (χ4n) is 1.75. The maximum absolute atomic E-state index is 13.1. The van der Waals surface area contributed by atoms with Crippen molar-refractivity contribution in [3.05, 3.63) is 50.1 Å². The minimum atomic E-state index is -0.272. The molecule has 2 aromatic rings. The van der Waals surface area contributed by atoms with Crippen molar-refractivity contribution in [1.29, 1.82) is 0 Å². The number of nitrogens with zero attached hydrogens (tertiary/aromatic N) is 1. The van der Waals surface area contributed by atoms with Crippen molar-refractivity contribution in [3.63, 3.8) is 0 Å². The van der Waals surface area contributed by atoms with Crippen molar-refractivity contribution in [3.8, 4) is 0 Å². The molecule has 3 nitrogen and oxygen atoms in total. The maximum Gasteiger partial charge on any atom is 0.124 e. The Morgan fingerprint density at radius 2 is 2.33 bits per heavy atom. The highest BCUT2D eigenvalue weighted by Gasteiger charge is 2.15. The van der Waals surface area contributed by atoms with E-state index in [1.165, 1.54) is 12.1 Å². The van der Waals surface area contributed by atoms with E-state index >= 15 is 0 Å². The number of hydrogen-bond donors (Lipinski definition) is 2. The third kappa shape index (κ3) is 3.14. The van der Waals surface area contributed by atoms with Crippen molar-refractivity contribution >= 4 is 27.3 Å². The van der Waals surface area contributed by atoms with E-state index in [1.807, 2.05) is 12.3 Å². The fraction of sp³-hybridized carbons (Fsp3) is 0.250. The molecule has 0 spiro atoms. The Hall–Kier alpha value is -0.820. The quantitative estimate of drug-likeness (QED) is 0.669. The molecule has 0 aliphatic carbocycles. The minimum Gasteiger partial charge on any atom is -0.271 e. The van der Waals surface area contributed by atoms with E-state index in [4.69, 9.17) is 5.84 Å². The Bertz CT molecular complexity index is 544. The normalized spacial score (nSPS) is 12.7. The van der Waals surface area contributed by atoms with Gasteiger partial charge in [0.1, 0.15) is 5.82 Å². The van der Waals surface area contributed by atoms with Crippen LogP contribution in [-0.2, 0) is 6.42 Å². The van der Waals surface area contributed by atoms with Gasteiger partial charge in [-0.25, -0.2) is 9.37 Å². The largest absolute Gasteiger partial charge is 0.271 e. The molecular formula is C12H13BrFN3S. The molecule has 96 valence electrons. The van der Waals surface area contributed by atoms with Crippen molar-refractivity contribution in [2.75, 3.05) is 0 Å². The summed E-state index contributed by atoms with van der Waals surface area (Å²) in [5, 5.41) is 3.04. The Morgan fingerprint density at radius 1 is 1.56 bits per heavy atom. The highest BCUT2D eigenvalue weighted by molar-refractivity contribution is 9.10. The molecule has 0 aliphatic rings. The lowest BCUT2D eigenvalue weighted by molar-refractivity contribution is 0.542. The smallest absolute Gasteiger partial charge is 0.124 e. The summed E-state index contributed by atoms with van der Waals surface area (Å²) in [5.74, 6) is 5.31. The molecule has 0 bridgehead atoms. The third-order valence-corrected chi connectivity index (χ3v) is 4.13. The first kappa shape index (κ1) is 13.6. The second-order valence-corrected chi connectivity index (χ2v) is 5.86. The number of thiazole rings is 1. The Kier molecular flexibility index (Phi) is 4.45. The highest BCUT2D eigenvalue weighted by Crippen LogP contribution is 2.26. The Morgan fingerprint density at radius 3 is 2.89 bits per heavy atom. The predicted octanol–water partition coefficient (Wildman–Crippen LogP) is 3.10. The van der Waals surface area contributed by atoms with Gasteiger partial charge >= 0.3 is 0 Å². The molecule has 6 heteroatoms. The summed E-state index contributed by atoms with van der Waals surface area (Å²) in [6, 6.07) is 4.49. The molecular weight excluding hydrogens is 317 g/mol. The summed E-state index contributed by atoms with van der Waals surface area (Å²) >= 11 is 4.96. The highest BCUT2D eigenvalue weighted by atomic mass is 79.9. The van der Waals surface area contributed by atoms with E-state index in [0.717, 1.165) is 16.3 Å². The topological polar surface area (TPSA) is 50.9 Å². The zero-order valence-electron chi connectivity index (χ0n) is 9.78.